The van der Waals surface area contributed by atoms with Crippen LogP contribution < -0.4 is 0 Å². The lowest BCUT2D eigenvalue weighted by Gasteiger charge is -2.32. The molecule has 22 heavy (non-hydrogen) atoms. The van der Waals surface area contributed by atoms with Gasteiger partial charge in [0.15, 0.2) is 0 Å². The van der Waals surface area contributed by atoms with Crippen LogP contribution in [-0.4, -0.2) is 16.1 Å². The number of hydroxylamine groups is 2. The summed E-state index contributed by atoms with van der Waals surface area (Å²) in [6.45, 7) is 7.73. The molecule has 0 aromatic heterocycles. The fraction of sp³-hybridized carbons (Fsp3) is 0.375. The van der Waals surface area contributed by atoms with Crippen LogP contribution >= 0.6 is 47.0 Å². The number of thioether (sulfide) groups is 4. The Morgan fingerprint density at radius 2 is 1.68 bits per heavy atom. The number of rotatable bonds is 0. The summed E-state index contributed by atoms with van der Waals surface area (Å²) in [6.07, 6.45) is 1.99. The van der Waals surface area contributed by atoms with Crippen LogP contribution in [0.5, 0.6) is 0 Å². The van der Waals surface area contributed by atoms with Gasteiger partial charge < -0.3 is 0 Å². The van der Waals surface area contributed by atoms with E-state index in [4.69, 9.17) is 0 Å². The quantitative estimate of drug-likeness (QED) is 0.524. The van der Waals surface area contributed by atoms with Crippen molar-refractivity contribution in [1.82, 2.24) is 5.06 Å². The highest BCUT2D eigenvalue weighted by molar-refractivity contribution is 8.33. The van der Waals surface area contributed by atoms with Crippen molar-refractivity contribution in [1.29, 1.82) is 0 Å². The molecule has 0 aliphatic carbocycles. The molecule has 1 radical (unpaired) electrons. The van der Waals surface area contributed by atoms with Crippen LogP contribution in [0.15, 0.2) is 41.3 Å². The van der Waals surface area contributed by atoms with E-state index >= 15 is 0 Å². The number of allylic oxidation sites excluding steroid dienone is 1. The monoisotopic (exact) mass is 366 g/mol. The Bertz CT molecular complexity index is 679. The first-order valence-corrected chi connectivity index (χ1v) is 10.3. The van der Waals surface area contributed by atoms with Gasteiger partial charge in [-0.15, -0.1) is 10.3 Å². The van der Waals surface area contributed by atoms with E-state index in [-0.39, 0.29) is 0 Å². The lowest BCUT2D eigenvalue weighted by molar-refractivity contribution is -0.237. The molecule has 0 aromatic rings. The van der Waals surface area contributed by atoms with Gasteiger partial charge >= 0.3 is 0 Å². The summed E-state index contributed by atoms with van der Waals surface area (Å²) in [5.41, 5.74) is -0.142. The summed E-state index contributed by atoms with van der Waals surface area (Å²) in [6, 6.07) is 0. The molecule has 0 saturated carbocycles. The van der Waals surface area contributed by atoms with E-state index in [9.17, 15) is 5.21 Å². The molecule has 0 fully saturated rings. The van der Waals surface area contributed by atoms with Gasteiger partial charge in [0.25, 0.3) is 0 Å². The van der Waals surface area contributed by atoms with E-state index in [1.54, 1.807) is 47.0 Å². The molecule has 0 aromatic carbocycles. The Labute approximate surface area is 148 Å². The predicted molar refractivity (Wildman–Crippen MR) is 101 cm³/mol. The van der Waals surface area contributed by atoms with Crippen LogP contribution in [-0.2, 0) is 5.21 Å². The zero-order valence-electron chi connectivity index (χ0n) is 12.8. The largest absolute Gasteiger partial charge is 0.135 e. The van der Waals surface area contributed by atoms with E-state index in [0.29, 0.717) is 0 Å². The maximum atomic E-state index is 12.3. The van der Waals surface area contributed by atoms with Crippen molar-refractivity contribution in [2.75, 3.05) is 0 Å². The minimum Gasteiger partial charge on any atom is -0.135 e. The highest BCUT2D eigenvalue weighted by atomic mass is 32.2. The first-order valence-electron chi connectivity index (χ1n) is 6.81. The normalized spacial score (nSPS) is 26.0. The maximum absolute atomic E-state index is 12.3. The smallest absolute Gasteiger partial charge is 0.0771 e. The van der Waals surface area contributed by atoms with Crippen molar-refractivity contribution >= 4 is 47.0 Å². The summed E-state index contributed by atoms with van der Waals surface area (Å²) >= 11 is 6.99. The second-order valence-corrected chi connectivity index (χ2v) is 10.4. The molecule has 3 aliphatic heterocycles. The second kappa shape index (κ2) is 6.04. The van der Waals surface area contributed by atoms with Gasteiger partial charge in [-0.3, -0.25) is 0 Å². The van der Waals surface area contributed by atoms with Crippen molar-refractivity contribution in [3.05, 3.63) is 41.3 Å². The average Bonchev–Trinajstić information content (AvgIpc) is 3.14. The van der Waals surface area contributed by atoms with Crippen molar-refractivity contribution < 1.29 is 5.21 Å². The lowest BCUT2D eigenvalue weighted by atomic mass is 9.97. The van der Waals surface area contributed by atoms with Gasteiger partial charge in [0.05, 0.1) is 24.5 Å². The van der Waals surface area contributed by atoms with E-state index < -0.39 is 11.1 Å². The minimum atomic E-state index is -0.560. The maximum Gasteiger partial charge on any atom is 0.0771 e. The minimum absolute atomic E-state index is 0.491. The van der Waals surface area contributed by atoms with Gasteiger partial charge in [0.1, 0.15) is 0 Å². The molecular weight excluding hydrogens is 350 g/mol. The molecule has 6 heteroatoms. The summed E-state index contributed by atoms with van der Waals surface area (Å²) in [5, 5.41) is 19.8. The molecule has 0 N–H and O–H groups in total. The molecule has 3 rings (SSSR count). The van der Waals surface area contributed by atoms with Gasteiger partial charge in [-0.05, 0) is 50.0 Å². The number of hydrogen-bond acceptors (Lipinski definition) is 5. The molecule has 3 aliphatic rings. The van der Waals surface area contributed by atoms with Crippen molar-refractivity contribution in [3.63, 3.8) is 0 Å². The average molecular weight is 367 g/mol. The molecule has 0 bridgehead atoms. The summed E-state index contributed by atoms with van der Waals surface area (Å²) in [5.74, 6) is 6.46. The highest BCUT2D eigenvalue weighted by Gasteiger charge is 2.45. The predicted octanol–water partition coefficient (Wildman–Crippen LogP) is 5.53. The zero-order valence-corrected chi connectivity index (χ0v) is 16.1. The third-order valence-corrected chi connectivity index (χ3v) is 8.49. The van der Waals surface area contributed by atoms with Gasteiger partial charge in [-0.1, -0.05) is 58.9 Å². The van der Waals surface area contributed by atoms with E-state index in [2.05, 4.69) is 28.1 Å². The molecule has 115 valence electrons. The molecular formula is C16H16NOS4. The standard InChI is InChI=1S/C16H16NOS4/c1-15(2)9-11(16(3,4)17(15)18)5-6-12-10-21-14(22-12)13-19-7-8-20-13/h7-10H,1-4H3. The van der Waals surface area contributed by atoms with E-state index in [0.717, 1.165) is 15.5 Å². The summed E-state index contributed by atoms with van der Waals surface area (Å²) in [4.78, 5) is 1.06. The van der Waals surface area contributed by atoms with Gasteiger partial charge in [0.2, 0.25) is 0 Å². The third-order valence-electron chi connectivity index (χ3n) is 3.56. The Hall–Kier alpha value is -0.160. The highest BCUT2D eigenvalue weighted by Crippen LogP contribution is 2.53. The lowest BCUT2D eigenvalue weighted by Crippen LogP contribution is -2.46. The van der Waals surface area contributed by atoms with Gasteiger partial charge in [-0.25, -0.2) is 0 Å². The second-order valence-electron chi connectivity index (χ2n) is 6.10. The molecule has 0 amide bonds. The fourth-order valence-corrected chi connectivity index (χ4v) is 6.69. The van der Waals surface area contributed by atoms with Crippen molar-refractivity contribution in [3.8, 4) is 11.8 Å². The Kier molecular flexibility index (Phi) is 4.59. The summed E-state index contributed by atoms with van der Waals surface area (Å²) in [7, 11) is 0. The van der Waals surface area contributed by atoms with Crippen LogP contribution in [0.1, 0.15) is 27.7 Å². The Morgan fingerprint density at radius 3 is 2.27 bits per heavy atom. The first-order chi connectivity index (χ1) is 10.3. The van der Waals surface area contributed by atoms with E-state index in [1.807, 2.05) is 33.8 Å². The molecule has 3 heterocycles. The topological polar surface area (TPSA) is 23.1 Å². The van der Waals surface area contributed by atoms with Crippen LogP contribution in [0, 0.1) is 11.8 Å². The van der Waals surface area contributed by atoms with Crippen LogP contribution in [0.25, 0.3) is 0 Å². The van der Waals surface area contributed by atoms with Crippen molar-refractivity contribution in [2.24, 2.45) is 0 Å². The first kappa shape index (κ1) is 16.7. The number of nitrogens with zero attached hydrogens (tertiary/aromatic N) is 1. The molecule has 0 spiro atoms. The Morgan fingerprint density at radius 1 is 1.00 bits per heavy atom. The third kappa shape index (κ3) is 3.08. The molecule has 2 nitrogen and oxygen atoms in total. The molecule has 0 unspecified atom stereocenters. The van der Waals surface area contributed by atoms with Crippen molar-refractivity contribution in [2.45, 2.75) is 38.8 Å². The van der Waals surface area contributed by atoms with Crippen LogP contribution in [0.4, 0.5) is 0 Å². The fourth-order valence-electron chi connectivity index (χ4n) is 2.44. The number of hydrogen-bond donors (Lipinski definition) is 0. The molecule has 0 atom stereocenters. The van der Waals surface area contributed by atoms with Gasteiger partial charge in [-0.2, -0.15) is 0 Å². The zero-order chi connectivity index (χ0) is 16.0. The molecule has 0 saturated heterocycles. The van der Waals surface area contributed by atoms with Gasteiger partial charge in [0, 0.05) is 5.57 Å². The van der Waals surface area contributed by atoms with Crippen LogP contribution in [0.3, 0.4) is 0 Å². The Balaban J connectivity index is 1.76. The summed E-state index contributed by atoms with van der Waals surface area (Å²) < 4.78 is 2.63. The van der Waals surface area contributed by atoms with E-state index in [1.165, 1.54) is 8.47 Å². The SMILES string of the molecule is CC1(C)C=C(C#CC2=CSC(=C3SC=CS3)S2)C(C)(C)N1[O]. The van der Waals surface area contributed by atoms with Crippen LogP contribution in [0.2, 0.25) is 0 Å².